The summed E-state index contributed by atoms with van der Waals surface area (Å²) in [5, 5.41) is 2.27. The van der Waals surface area contributed by atoms with Crippen LogP contribution in [0.4, 0.5) is 19.3 Å². The molecule has 1 N–H and O–H groups in total. The zero-order valence-electron chi connectivity index (χ0n) is 13.9. The maximum atomic E-state index is 13.6. The molecule has 1 fully saturated rings. The first kappa shape index (κ1) is 17.1. The number of hydrogen-bond donors (Lipinski definition) is 1. The lowest BCUT2D eigenvalue weighted by atomic mass is 10.3. The molecule has 2 heterocycles. The number of aromatic nitrogens is 2. The van der Waals surface area contributed by atoms with Crippen LogP contribution in [0.2, 0.25) is 0 Å². The zero-order valence-corrected chi connectivity index (χ0v) is 13.9. The number of halogens is 2. The lowest BCUT2D eigenvalue weighted by Gasteiger charge is -2.18. The first-order valence-corrected chi connectivity index (χ1v) is 7.91. The number of carbonyl (C=O) groups excluding carboxylic acids is 1. The second-order valence-electron chi connectivity index (χ2n) is 5.93. The number of para-hydroxylation sites is 1. The Morgan fingerprint density at radius 1 is 1.24 bits per heavy atom. The van der Waals surface area contributed by atoms with E-state index in [0.717, 1.165) is 23.5 Å². The van der Waals surface area contributed by atoms with Gasteiger partial charge in [0.25, 0.3) is 0 Å². The van der Waals surface area contributed by atoms with E-state index >= 15 is 0 Å². The van der Waals surface area contributed by atoms with E-state index in [1.54, 1.807) is 0 Å². The van der Waals surface area contributed by atoms with Gasteiger partial charge in [0.1, 0.15) is 23.4 Å². The van der Waals surface area contributed by atoms with Crippen molar-refractivity contribution in [3.05, 3.63) is 47.3 Å². The van der Waals surface area contributed by atoms with Gasteiger partial charge in [-0.3, -0.25) is 0 Å². The van der Waals surface area contributed by atoms with Gasteiger partial charge in [-0.15, -0.1) is 0 Å². The molecule has 132 valence electrons. The average molecular weight is 348 g/mol. The van der Waals surface area contributed by atoms with Gasteiger partial charge in [0, 0.05) is 24.4 Å². The van der Waals surface area contributed by atoms with Gasteiger partial charge < -0.3 is 15.0 Å². The fourth-order valence-corrected chi connectivity index (χ4v) is 2.71. The van der Waals surface area contributed by atoms with Gasteiger partial charge in [0.15, 0.2) is 0 Å². The van der Waals surface area contributed by atoms with Crippen LogP contribution in [0.3, 0.4) is 0 Å². The number of rotatable bonds is 3. The highest BCUT2D eigenvalue weighted by Crippen LogP contribution is 2.21. The predicted octanol–water partition coefficient (Wildman–Crippen LogP) is 3.06. The first-order chi connectivity index (χ1) is 11.9. The van der Waals surface area contributed by atoms with E-state index in [4.69, 9.17) is 4.74 Å². The number of amides is 2. The average Bonchev–Trinajstić information content (AvgIpc) is 2.98. The highest BCUT2D eigenvalue weighted by molar-refractivity contribution is 5.89. The molecule has 2 amide bonds. The summed E-state index contributed by atoms with van der Waals surface area (Å²) in [6.07, 6.45) is 0.321. The normalized spacial score (nSPS) is 16.8. The Labute approximate surface area is 143 Å². The molecule has 0 bridgehead atoms. The monoisotopic (exact) mass is 348 g/mol. The van der Waals surface area contributed by atoms with Crippen LogP contribution in [-0.4, -0.2) is 40.1 Å². The van der Waals surface area contributed by atoms with Crippen molar-refractivity contribution in [2.24, 2.45) is 0 Å². The molecular formula is C17H18F2N4O2. The van der Waals surface area contributed by atoms with Crippen LogP contribution >= 0.6 is 0 Å². The fraction of sp³-hybridized carbons (Fsp3) is 0.353. The summed E-state index contributed by atoms with van der Waals surface area (Å²) in [7, 11) is 0. The van der Waals surface area contributed by atoms with Crippen LogP contribution in [0.25, 0.3) is 0 Å². The standard InChI is InChI=1S/C17H18F2N4O2/c1-10-8-11(2)21-16(20-10)25-12-6-7-23(9-12)17(24)22-15-13(18)4-3-5-14(15)19/h3-5,8,12H,6-7,9H2,1-2H3,(H,22,24)/t12-/m1/s1. The van der Waals surface area contributed by atoms with Crippen molar-refractivity contribution in [1.29, 1.82) is 0 Å². The minimum Gasteiger partial charge on any atom is -0.458 e. The summed E-state index contributed by atoms with van der Waals surface area (Å²) in [6.45, 7) is 4.40. The quantitative estimate of drug-likeness (QED) is 0.926. The van der Waals surface area contributed by atoms with E-state index in [1.807, 2.05) is 19.9 Å². The topological polar surface area (TPSA) is 67.3 Å². The number of aryl methyl sites for hydroxylation is 2. The highest BCUT2D eigenvalue weighted by atomic mass is 19.1. The van der Waals surface area contributed by atoms with Crippen molar-refractivity contribution in [3.63, 3.8) is 0 Å². The van der Waals surface area contributed by atoms with E-state index in [2.05, 4.69) is 15.3 Å². The zero-order chi connectivity index (χ0) is 18.0. The molecule has 1 aliphatic rings. The third-order valence-electron chi connectivity index (χ3n) is 3.86. The summed E-state index contributed by atoms with van der Waals surface area (Å²) < 4.78 is 33.0. The summed E-state index contributed by atoms with van der Waals surface area (Å²) in [5.41, 5.74) is 1.14. The minimum atomic E-state index is -0.816. The maximum Gasteiger partial charge on any atom is 0.322 e. The van der Waals surface area contributed by atoms with Crippen LogP contribution < -0.4 is 10.1 Å². The van der Waals surface area contributed by atoms with Gasteiger partial charge >= 0.3 is 12.0 Å². The molecule has 6 nitrogen and oxygen atoms in total. The van der Waals surface area contributed by atoms with Gasteiger partial charge in [0.05, 0.1) is 6.54 Å². The Morgan fingerprint density at radius 3 is 2.52 bits per heavy atom. The molecule has 0 radical (unpaired) electrons. The van der Waals surface area contributed by atoms with Crippen LogP contribution in [0.15, 0.2) is 24.3 Å². The molecule has 0 unspecified atom stereocenters. The third kappa shape index (κ3) is 4.01. The highest BCUT2D eigenvalue weighted by Gasteiger charge is 2.29. The molecule has 8 heteroatoms. The smallest absolute Gasteiger partial charge is 0.322 e. The van der Waals surface area contributed by atoms with Gasteiger partial charge in [-0.2, -0.15) is 0 Å². The molecule has 3 rings (SSSR count). The Morgan fingerprint density at radius 2 is 1.88 bits per heavy atom. The van der Waals surface area contributed by atoms with Crippen molar-refractivity contribution in [3.8, 4) is 6.01 Å². The number of nitrogens with one attached hydrogen (secondary N) is 1. The number of likely N-dealkylation sites (tertiary alicyclic amines) is 1. The molecule has 1 aromatic heterocycles. The Balaban J connectivity index is 1.61. The first-order valence-electron chi connectivity index (χ1n) is 7.91. The maximum absolute atomic E-state index is 13.6. The summed E-state index contributed by atoms with van der Waals surface area (Å²) >= 11 is 0. The van der Waals surface area contributed by atoms with E-state index in [9.17, 15) is 13.6 Å². The number of benzene rings is 1. The summed E-state index contributed by atoms with van der Waals surface area (Å²) in [4.78, 5) is 22.1. The van der Waals surface area contributed by atoms with Gasteiger partial charge in [-0.05, 0) is 32.0 Å². The molecule has 2 aromatic rings. The number of nitrogens with zero attached hydrogens (tertiary/aromatic N) is 3. The second kappa shape index (κ2) is 7.00. The predicted molar refractivity (Wildman–Crippen MR) is 87.5 cm³/mol. The molecule has 1 aromatic carbocycles. The van der Waals surface area contributed by atoms with Gasteiger partial charge in [-0.1, -0.05) is 6.07 Å². The number of anilines is 1. The minimum absolute atomic E-state index is 0.266. The molecule has 25 heavy (non-hydrogen) atoms. The molecule has 0 saturated carbocycles. The number of carbonyl (C=O) groups is 1. The van der Waals surface area contributed by atoms with Crippen LogP contribution in [0.1, 0.15) is 17.8 Å². The van der Waals surface area contributed by atoms with Crippen molar-refractivity contribution in [1.82, 2.24) is 14.9 Å². The van der Waals surface area contributed by atoms with Crippen molar-refractivity contribution in [2.45, 2.75) is 26.4 Å². The SMILES string of the molecule is Cc1cc(C)nc(O[C@@H]2CCN(C(=O)Nc3c(F)cccc3F)C2)n1. The molecular weight excluding hydrogens is 330 g/mol. The van der Waals surface area contributed by atoms with Crippen molar-refractivity contribution < 1.29 is 18.3 Å². The van der Waals surface area contributed by atoms with Crippen molar-refractivity contribution >= 4 is 11.7 Å². The molecule has 0 aliphatic carbocycles. The molecule has 1 atom stereocenters. The number of ether oxygens (including phenoxy) is 1. The van der Waals surface area contributed by atoms with E-state index in [0.29, 0.717) is 13.0 Å². The number of hydrogen-bond acceptors (Lipinski definition) is 4. The third-order valence-corrected chi connectivity index (χ3v) is 3.86. The molecule has 0 spiro atoms. The molecule has 1 saturated heterocycles. The van der Waals surface area contributed by atoms with Crippen LogP contribution in [0, 0.1) is 25.5 Å². The van der Waals surface area contributed by atoms with E-state index < -0.39 is 23.4 Å². The number of urea groups is 1. The summed E-state index contributed by atoms with van der Waals surface area (Å²) in [6, 6.07) is 4.95. The lowest BCUT2D eigenvalue weighted by molar-refractivity contribution is 0.183. The Hall–Kier alpha value is -2.77. The van der Waals surface area contributed by atoms with E-state index in [1.165, 1.54) is 11.0 Å². The van der Waals surface area contributed by atoms with Crippen molar-refractivity contribution in [2.75, 3.05) is 18.4 Å². The van der Waals surface area contributed by atoms with Gasteiger partial charge in [0.2, 0.25) is 0 Å². The van der Waals surface area contributed by atoms with Gasteiger partial charge in [-0.25, -0.2) is 23.5 Å². The van der Waals surface area contributed by atoms with Crippen LogP contribution in [-0.2, 0) is 0 Å². The largest absolute Gasteiger partial charge is 0.458 e. The lowest BCUT2D eigenvalue weighted by Crippen LogP contribution is -2.35. The Kier molecular flexibility index (Phi) is 4.78. The second-order valence-corrected chi connectivity index (χ2v) is 5.93. The fourth-order valence-electron chi connectivity index (χ4n) is 2.71. The van der Waals surface area contributed by atoms with E-state index in [-0.39, 0.29) is 18.7 Å². The Bertz CT molecular complexity index is 760. The van der Waals surface area contributed by atoms with Crippen LogP contribution in [0.5, 0.6) is 6.01 Å². The summed E-state index contributed by atoms with van der Waals surface area (Å²) in [5.74, 6) is -1.63. The molecule has 1 aliphatic heterocycles.